The quantitative estimate of drug-likeness (QED) is 0.796. The number of aromatic carboxylic acids is 1. The molecule has 1 aliphatic heterocycles. The van der Waals surface area contributed by atoms with E-state index in [-0.39, 0.29) is 11.6 Å². The van der Waals surface area contributed by atoms with Gasteiger partial charge >= 0.3 is 12.0 Å². The minimum absolute atomic E-state index is 0.233. The molecule has 0 atom stereocenters. The minimum Gasteiger partial charge on any atom is -0.478 e. The van der Waals surface area contributed by atoms with Crippen molar-refractivity contribution in [3.8, 4) is 0 Å². The topological polar surface area (TPSA) is 81.7 Å². The first kappa shape index (κ1) is 15.2. The number of carbonyl (C=O) groups excluding carboxylic acids is 1. The molecule has 1 aromatic rings. The van der Waals surface area contributed by atoms with E-state index in [1.54, 1.807) is 12.1 Å². The van der Waals surface area contributed by atoms with Crippen LogP contribution in [0.4, 0.5) is 16.2 Å². The van der Waals surface area contributed by atoms with E-state index in [1.807, 2.05) is 6.92 Å². The summed E-state index contributed by atoms with van der Waals surface area (Å²) in [6, 6.07) is 4.52. The van der Waals surface area contributed by atoms with Crippen molar-refractivity contribution in [2.45, 2.75) is 26.2 Å². The summed E-state index contributed by atoms with van der Waals surface area (Å²) in [5.41, 5.74) is 1.66. The van der Waals surface area contributed by atoms with E-state index in [4.69, 9.17) is 5.11 Å². The lowest BCUT2D eigenvalue weighted by molar-refractivity contribution is 0.0697. The maximum atomic E-state index is 11.7. The number of carbonyl (C=O) groups is 2. The number of carboxylic acid groups (broad SMARTS) is 1. The normalized spacial score (nSPS) is 14.6. The van der Waals surface area contributed by atoms with E-state index in [9.17, 15) is 9.59 Å². The summed E-state index contributed by atoms with van der Waals surface area (Å²) in [7, 11) is 0. The summed E-state index contributed by atoms with van der Waals surface area (Å²) in [4.78, 5) is 25.0. The van der Waals surface area contributed by atoms with Gasteiger partial charge in [-0.25, -0.2) is 9.59 Å². The average molecular weight is 291 g/mol. The minimum atomic E-state index is -0.960. The Balaban J connectivity index is 2.29. The average Bonchev–Trinajstić information content (AvgIpc) is 2.48. The van der Waals surface area contributed by atoms with Crippen LogP contribution in [0.2, 0.25) is 0 Å². The molecule has 6 nitrogen and oxygen atoms in total. The number of nitrogens with zero attached hydrogens (tertiary/aromatic N) is 1. The number of amides is 2. The molecule has 6 heteroatoms. The SMILES string of the molecule is CCNC(=O)Nc1ccc(C(=O)O)cc1N1CCCCC1. The van der Waals surface area contributed by atoms with Gasteiger partial charge in [0.25, 0.3) is 0 Å². The monoisotopic (exact) mass is 291 g/mol. The fourth-order valence-electron chi connectivity index (χ4n) is 2.49. The number of anilines is 2. The fourth-order valence-corrected chi connectivity index (χ4v) is 2.49. The molecule has 0 aromatic heterocycles. The van der Waals surface area contributed by atoms with Crippen LogP contribution in [0.5, 0.6) is 0 Å². The molecule has 1 heterocycles. The van der Waals surface area contributed by atoms with Crippen molar-refractivity contribution in [1.82, 2.24) is 5.32 Å². The lowest BCUT2D eigenvalue weighted by Gasteiger charge is -2.30. The van der Waals surface area contributed by atoms with Gasteiger partial charge in [0.15, 0.2) is 0 Å². The van der Waals surface area contributed by atoms with Crippen LogP contribution in [0.1, 0.15) is 36.5 Å². The molecule has 2 rings (SSSR count). The zero-order valence-electron chi connectivity index (χ0n) is 12.2. The Morgan fingerprint density at radius 3 is 2.57 bits per heavy atom. The van der Waals surface area contributed by atoms with Crippen molar-refractivity contribution < 1.29 is 14.7 Å². The van der Waals surface area contributed by atoms with Crippen molar-refractivity contribution >= 4 is 23.4 Å². The highest BCUT2D eigenvalue weighted by atomic mass is 16.4. The van der Waals surface area contributed by atoms with Crippen LogP contribution in [-0.4, -0.2) is 36.7 Å². The van der Waals surface area contributed by atoms with Crippen molar-refractivity contribution in [1.29, 1.82) is 0 Å². The second-order valence-electron chi connectivity index (χ2n) is 5.07. The summed E-state index contributed by atoms with van der Waals surface area (Å²) < 4.78 is 0. The third kappa shape index (κ3) is 3.87. The highest BCUT2D eigenvalue weighted by molar-refractivity contribution is 5.96. The Morgan fingerprint density at radius 2 is 1.95 bits per heavy atom. The highest BCUT2D eigenvalue weighted by Crippen LogP contribution is 2.29. The van der Waals surface area contributed by atoms with Gasteiger partial charge in [-0.1, -0.05) is 0 Å². The van der Waals surface area contributed by atoms with E-state index in [1.165, 1.54) is 12.5 Å². The van der Waals surface area contributed by atoms with E-state index in [0.717, 1.165) is 31.6 Å². The number of nitrogens with one attached hydrogen (secondary N) is 2. The maximum Gasteiger partial charge on any atom is 0.335 e. The van der Waals surface area contributed by atoms with Gasteiger partial charge in [-0.3, -0.25) is 0 Å². The molecule has 0 spiro atoms. The first-order valence-corrected chi connectivity index (χ1v) is 7.29. The highest BCUT2D eigenvalue weighted by Gasteiger charge is 2.17. The summed E-state index contributed by atoms with van der Waals surface area (Å²) in [5, 5.41) is 14.6. The van der Waals surface area contributed by atoms with E-state index >= 15 is 0 Å². The van der Waals surface area contributed by atoms with Crippen LogP contribution >= 0.6 is 0 Å². The lowest BCUT2D eigenvalue weighted by atomic mass is 10.1. The van der Waals surface area contributed by atoms with Gasteiger partial charge in [0.1, 0.15) is 0 Å². The molecule has 0 saturated carbocycles. The van der Waals surface area contributed by atoms with E-state index in [2.05, 4.69) is 15.5 Å². The van der Waals surface area contributed by atoms with Crippen molar-refractivity contribution in [3.05, 3.63) is 23.8 Å². The van der Waals surface area contributed by atoms with Gasteiger partial charge in [-0.05, 0) is 44.4 Å². The summed E-state index contributed by atoms with van der Waals surface area (Å²) in [6.07, 6.45) is 3.35. The van der Waals surface area contributed by atoms with Gasteiger partial charge in [-0.15, -0.1) is 0 Å². The molecule has 3 N–H and O–H groups in total. The molecule has 0 bridgehead atoms. The number of hydrogen-bond acceptors (Lipinski definition) is 3. The standard InChI is InChI=1S/C15H21N3O3/c1-2-16-15(21)17-12-7-6-11(14(19)20)10-13(12)18-8-4-3-5-9-18/h6-7,10H,2-5,8-9H2,1H3,(H,19,20)(H2,16,17,21). The van der Waals surface area contributed by atoms with Gasteiger partial charge in [0.2, 0.25) is 0 Å². The number of benzene rings is 1. The van der Waals surface area contributed by atoms with Crippen LogP contribution in [0.15, 0.2) is 18.2 Å². The molecule has 1 aromatic carbocycles. The molecule has 1 fully saturated rings. The predicted molar refractivity (Wildman–Crippen MR) is 82.2 cm³/mol. The largest absolute Gasteiger partial charge is 0.478 e. The third-order valence-corrected chi connectivity index (χ3v) is 3.53. The van der Waals surface area contributed by atoms with Crippen molar-refractivity contribution in [2.24, 2.45) is 0 Å². The van der Waals surface area contributed by atoms with Crippen LogP contribution in [-0.2, 0) is 0 Å². The second kappa shape index (κ2) is 6.97. The zero-order valence-corrected chi connectivity index (χ0v) is 12.2. The molecular formula is C15H21N3O3. The third-order valence-electron chi connectivity index (χ3n) is 3.53. The van der Waals surface area contributed by atoms with Gasteiger partial charge in [-0.2, -0.15) is 0 Å². The molecule has 0 radical (unpaired) electrons. The number of carboxylic acids is 1. The molecule has 114 valence electrons. The predicted octanol–water partition coefficient (Wildman–Crippen LogP) is 2.52. The van der Waals surface area contributed by atoms with Crippen LogP contribution in [0.25, 0.3) is 0 Å². The van der Waals surface area contributed by atoms with Crippen LogP contribution in [0.3, 0.4) is 0 Å². The maximum absolute atomic E-state index is 11.7. The molecule has 1 saturated heterocycles. The van der Waals surface area contributed by atoms with Crippen molar-refractivity contribution in [2.75, 3.05) is 29.9 Å². The second-order valence-corrected chi connectivity index (χ2v) is 5.07. The number of hydrogen-bond donors (Lipinski definition) is 3. The molecule has 21 heavy (non-hydrogen) atoms. The Bertz CT molecular complexity index is 525. The Kier molecular flexibility index (Phi) is 5.03. The number of urea groups is 1. The van der Waals surface area contributed by atoms with Gasteiger partial charge in [0.05, 0.1) is 16.9 Å². The lowest BCUT2D eigenvalue weighted by Crippen LogP contribution is -2.32. The molecule has 0 aliphatic carbocycles. The number of piperidine rings is 1. The zero-order chi connectivity index (χ0) is 15.2. The van der Waals surface area contributed by atoms with Crippen LogP contribution < -0.4 is 15.5 Å². The van der Waals surface area contributed by atoms with Crippen molar-refractivity contribution in [3.63, 3.8) is 0 Å². The molecule has 0 unspecified atom stereocenters. The number of rotatable bonds is 4. The van der Waals surface area contributed by atoms with E-state index < -0.39 is 5.97 Å². The summed E-state index contributed by atoms with van der Waals surface area (Å²) >= 11 is 0. The van der Waals surface area contributed by atoms with Gasteiger partial charge < -0.3 is 20.6 Å². The Hall–Kier alpha value is -2.24. The Labute approximate surface area is 124 Å². The molecular weight excluding hydrogens is 270 g/mol. The summed E-state index contributed by atoms with van der Waals surface area (Å²) in [6.45, 7) is 4.15. The Morgan fingerprint density at radius 1 is 1.24 bits per heavy atom. The van der Waals surface area contributed by atoms with Crippen LogP contribution in [0, 0.1) is 0 Å². The molecule has 2 amide bonds. The first-order valence-electron chi connectivity index (χ1n) is 7.29. The summed E-state index contributed by atoms with van der Waals surface area (Å²) in [5.74, 6) is -0.960. The first-order chi connectivity index (χ1) is 10.1. The van der Waals surface area contributed by atoms with E-state index in [0.29, 0.717) is 12.2 Å². The van der Waals surface area contributed by atoms with Gasteiger partial charge in [0, 0.05) is 19.6 Å². The smallest absolute Gasteiger partial charge is 0.335 e. The fraction of sp³-hybridized carbons (Fsp3) is 0.467. The molecule has 1 aliphatic rings.